The standard InChI is InChI=1S/C27H35N3O3/c1-26(2,3)33-25(31)23-9-11-24(12-10-23)29(4)20-27(32)14-17-30(18-15-27)16-13-21-5-7-22(19-28)8-6-21/h5-12,32H,13-18,20H2,1-4H3. The van der Waals surface area contributed by atoms with Gasteiger partial charge in [0.25, 0.3) is 0 Å². The maximum absolute atomic E-state index is 12.2. The van der Waals surface area contributed by atoms with Crippen molar-refractivity contribution < 1.29 is 14.6 Å². The third-order valence-electron chi connectivity index (χ3n) is 6.06. The predicted molar refractivity (Wildman–Crippen MR) is 130 cm³/mol. The first-order valence-corrected chi connectivity index (χ1v) is 11.6. The van der Waals surface area contributed by atoms with Gasteiger partial charge in [-0.3, -0.25) is 0 Å². The molecule has 6 heteroatoms. The molecule has 2 aromatic carbocycles. The molecule has 1 aliphatic heterocycles. The predicted octanol–water partition coefficient (Wildman–Crippen LogP) is 4.02. The molecule has 1 aliphatic rings. The van der Waals surface area contributed by atoms with Crippen LogP contribution in [0.4, 0.5) is 5.69 Å². The average Bonchev–Trinajstić information content (AvgIpc) is 2.78. The van der Waals surface area contributed by atoms with E-state index >= 15 is 0 Å². The SMILES string of the molecule is CN(CC1(O)CCN(CCc2ccc(C#N)cc2)CC1)c1ccc(C(=O)OC(C)(C)C)cc1. The van der Waals surface area contributed by atoms with Crippen LogP contribution in [0.1, 0.15) is 55.1 Å². The minimum absolute atomic E-state index is 0.330. The highest BCUT2D eigenvalue weighted by Crippen LogP contribution is 2.26. The summed E-state index contributed by atoms with van der Waals surface area (Å²) in [5.74, 6) is -0.330. The average molecular weight is 450 g/mol. The van der Waals surface area contributed by atoms with Gasteiger partial charge in [0.2, 0.25) is 0 Å². The van der Waals surface area contributed by atoms with Crippen LogP contribution in [0.3, 0.4) is 0 Å². The Morgan fingerprint density at radius 1 is 1.12 bits per heavy atom. The molecule has 0 spiro atoms. The molecule has 0 aromatic heterocycles. The number of rotatable bonds is 7. The molecular weight excluding hydrogens is 414 g/mol. The minimum Gasteiger partial charge on any atom is -0.456 e. The molecule has 3 rings (SSSR count). The van der Waals surface area contributed by atoms with Crippen molar-refractivity contribution in [3.8, 4) is 6.07 Å². The molecule has 0 bridgehead atoms. The van der Waals surface area contributed by atoms with Gasteiger partial charge in [-0.25, -0.2) is 4.79 Å². The van der Waals surface area contributed by atoms with Crippen molar-refractivity contribution in [2.45, 2.75) is 51.2 Å². The Kier molecular flexibility index (Phi) is 7.78. The summed E-state index contributed by atoms with van der Waals surface area (Å²) in [7, 11) is 1.97. The lowest BCUT2D eigenvalue weighted by molar-refractivity contribution is -0.0137. The fraction of sp³-hybridized carbons (Fsp3) is 0.481. The Bertz CT molecular complexity index is 964. The van der Waals surface area contributed by atoms with Crippen LogP contribution in [0.2, 0.25) is 0 Å². The largest absolute Gasteiger partial charge is 0.456 e. The van der Waals surface area contributed by atoms with Crippen molar-refractivity contribution in [1.82, 2.24) is 4.90 Å². The molecule has 0 radical (unpaired) electrons. The van der Waals surface area contributed by atoms with E-state index in [0.717, 1.165) is 44.6 Å². The molecule has 1 heterocycles. The van der Waals surface area contributed by atoms with Crippen LogP contribution in [-0.4, -0.2) is 60.4 Å². The van der Waals surface area contributed by atoms with E-state index in [2.05, 4.69) is 11.0 Å². The molecule has 0 saturated carbocycles. The van der Waals surface area contributed by atoms with Crippen molar-refractivity contribution in [2.75, 3.05) is 38.1 Å². The third kappa shape index (κ3) is 7.31. The topological polar surface area (TPSA) is 76.8 Å². The number of carbonyl (C=O) groups is 1. The number of nitrogens with zero attached hydrogens (tertiary/aromatic N) is 3. The van der Waals surface area contributed by atoms with Gasteiger partial charge in [-0.2, -0.15) is 5.26 Å². The van der Waals surface area contributed by atoms with Crippen molar-refractivity contribution in [2.24, 2.45) is 0 Å². The smallest absolute Gasteiger partial charge is 0.338 e. The molecule has 0 aliphatic carbocycles. The Labute approximate surface area is 197 Å². The third-order valence-corrected chi connectivity index (χ3v) is 6.06. The van der Waals surface area contributed by atoms with Gasteiger partial charge in [0.15, 0.2) is 0 Å². The van der Waals surface area contributed by atoms with E-state index in [1.54, 1.807) is 12.1 Å². The monoisotopic (exact) mass is 449 g/mol. The van der Waals surface area contributed by atoms with Gasteiger partial charge >= 0.3 is 5.97 Å². The Balaban J connectivity index is 1.48. The molecule has 0 unspecified atom stereocenters. The molecule has 0 atom stereocenters. The lowest BCUT2D eigenvalue weighted by Gasteiger charge is -2.40. The summed E-state index contributed by atoms with van der Waals surface area (Å²) in [6.07, 6.45) is 2.38. The number of ether oxygens (including phenoxy) is 1. The van der Waals surface area contributed by atoms with Gasteiger partial charge in [0.05, 0.1) is 22.8 Å². The molecule has 0 amide bonds. The quantitative estimate of drug-likeness (QED) is 0.644. The first kappa shape index (κ1) is 24.8. The molecule has 1 fully saturated rings. The van der Waals surface area contributed by atoms with Gasteiger partial charge < -0.3 is 19.6 Å². The zero-order valence-corrected chi connectivity index (χ0v) is 20.2. The molecule has 33 heavy (non-hydrogen) atoms. The van der Waals surface area contributed by atoms with Gasteiger partial charge in [-0.15, -0.1) is 0 Å². The van der Waals surface area contributed by atoms with Crippen molar-refractivity contribution >= 4 is 11.7 Å². The van der Waals surface area contributed by atoms with E-state index in [1.165, 1.54) is 5.56 Å². The summed E-state index contributed by atoms with van der Waals surface area (Å²) >= 11 is 0. The van der Waals surface area contributed by atoms with E-state index in [0.29, 0.717) is 17.7 Å². The first-order valence-electron chi connectivity index (χ1n) is 11.6. The molecule has 176 valence electrons. The van der Waals surface area contributed by atoms with E-state index in [1.807, 2.05) is 69.1 Å². The minimum atomic E-state index is -0.733. The van der Waals surface area contributed by atoms with Crippen molar-refractivity contribution in [3.63, 3.8) is 0 Å². The zero-order valence-electron chi connectivity index (χ0n) is 20.2. The van der Waals surface area contributed by atoms with Crippen LogP contribution in [0.15, 0.2) is 48.5 Å². The number of nitriles is 1. The lowest BCUT2D eigenvalue weighted by atomic mass is 9.90. The molecular formula is C27H35N3O3. The maximum Gasteiger partial charge on any atom is 0.338 e. The summed E-state index contributed by atoms with van der Waals surface area (Å²) in [6, 6.07) is 17.2. The molecule has 1 N–H and O–H groups in total. The van der Waals surface area contributed by atoms with Crippen LogP contribution >= 0.6 is 0 Å². The van der Waals surface area contributed by atoms with Crippen LogP contribution in [-0.2, 0) is 11.2 Å². The number of esters is 1. The van der Waals surface area contributed by atoms with Crippen LogP contribution in [0.25, 0.3) is 0 Å². The number of hydrogen-bond acceptors (Lipinski definition) is 6. The van der Waals surface area contributed by atoms with Crippen LogP contribution < -0.4 is 4.90 Å². The molecule has 6 nitrogen and oxygen atoms in total. The van der Waals surface area contributed by atoms with Gasteiger partial charge in [-0.1, -0.05) is 12.1 Å². The molecule has 2 aromatic rings. The highest BCUT2D eigenvalue weighted by atomic mass is 16.6. The van der Waals surface area contributed by atoms with E-state index < -0.39 is 11.2 Å². The summed E-state index contributed by atoms with van der Waals surface area (Å²) in [6.45, 7) is 8.77. The second-order valence-electron chi connectivity index (χ2n) is 10.0. The number of anilines is 1. The number of likely N-dealkylation sites (N-methyl/N-ethyl adjacent to an activating group) is 1. The normalized spacial score (nSPS) is 16.1. The van der Waals surface area contributed by atoms with Crippen molar-refractivity contribution in [1.29, 1.82) is 5.26 Å². The summed E-state index contributed by atoms with van der Waals surface area (Å²) in [5, 5.41) is 20.1. The van der Waals surface area contributed by atoms with E-state index in [-0.39, 0.29) is 5.97 Å². The maximum atomic E-state index is 12.2. The highest BCUT2D eigenvalue weighted by Gasteiger charge is 2.33. The first-order chi connectivity index (χ1) is 15.6. The molecule has 1 saturated heterocycles. The highest BCUT2D eigenvalue weighted by molar-refractivity contribution is 5.90. The van der Waals surface area contributed by atoms with Crippen molar-refractivity contribution in [3.05, 3.63) is 65.2 Å². The zero-order chi connectivity index (χ0) is 24.1. The van der Waals surface area contributed by atoms with Gasteiger partial charge in [0, 0.05) is 38.9 Å². The van der Waals surface area contributed by atoms with E-state index in [4.69, 9.17) is 10.00 Å². The van der Waals surface area contributed by atoms with Crippen LogP contribution in [0.5, 0.6) is 0 Å². The Morgan fingerprint density at radius 2 is 1.73 bits per heavy atom. The fourth-order valence-electron chi connectivity index (χ4n) is 4.11. The van der Waals surface area contributed by atoms with Gasteiger partial charge in [0.1, 0.15) is 5.60 Å². The number of piperidine rings is 1. The Hall–Kier alpha value is -2.88. The van der Waals surface area contributed by atoms with Crippen LogP contribution in [0, 0.1) is 11.3 Å². The number of aliphatic hydroxyl groups is 1. The number of hydrogen-bond donors (Lipinski definition) is 1. The van der Waals surface area contributed by atoms with Gasteiger partial charge in [-0.05, 0) is 82.0 Å². The summed E-state index contributed by atoms with van der Waals surface area (Å²) in [5.41, 5.74) is 2.14. The lowest BCUT2D eigenvalue weighted by Crippen LogP contribution is -2.50. The van der Waals surface area contributed by atoms with E-state index in [9.17, 15) is 9.90 Å². The summed E-state index contributed by atoms with van der Waals surface area (Å²) in [4.78, 5) is 16.7. The summed E-state index contributed by atoms with van der Waals surface area (Å²) < 4.78 is 5.42. The second kappa shape index (κ2) is 10.4. The second-order valence-corrected chi connectivity index (χ2v) is 10.0. The fourth-order valence-corrected chi connectivity index (χ4v) is 4.11. The number of likely N-dealkylation sites (tertiary alicyclic amines) is 1. The number of benzene rings is 2. The Morgan fingerprint density at radius 3 is 2.27 bits per heavy atom. The number of carbonyl (C=O) groups excluding carboxylic acids is 1.